The molecule has 2 N–H and O–H groups in total. The molecule has 2 aromatic carbocycles. The zero-order valence-corrected chi connectivity index (χ0v) is 15.6. The molecule has 0 saturated heterocycles. The molecule has 0 saturated carbocycles. The number of carbonyl (C=O) groups is 2. The van der Waals surface area contributed by atoms with Gasteiger partial charge >= 0.3 is 0 Å². The van der Waals surface area contributed by atoms with Crippen molar-refractivity contribution in [3.05, 3.63) is 63.2 Å². The third-order valence-electron chi connectivity index (χ3n) is 3.28. The summed E-state index contributed by atoms with van der Waals surface area (Å²) in [5.41, 5.74) is 5.19. The second-order valence-electron chi connectivity index (χ2n) is 5.33. The lowest BCUT2D eigenvalue weighted by molar-refractivity contribution is -0.115. The van der Waals surface area contributed by atoms with Crippen molar-refractivity contribution >= 4 is 45.8 Å². The number of nitrogens with one attached hydrogen (secondary N) is 2. The molecule has 0 heterocycles. The minimum atomic E-state index is -0.287. The first kappa shape index (κ1) is 18.1. The Morgan fingerprint density at radius 1 is 1.08 bits per heavy atom. The summed E-state index contributed by atoms with van der Waals surface area (Å²) < 4.78 is 1.10. The maximum absolute atomic E-state index is 12.1. The number of hydrogen-bond acceptors (Lipinski definition) is 3. The number of hydrogen-bond donors (Lipinski definition) is 2. The summed E-state index contributed by atoms with van der Waals surface area (Å²) in [6, 6.07) is 14.8. The minimum absolute atomic E-state index is 0.111. The standard InChI is InChI=1S/C18H18IN3O2/c1-12-5-3-4-6-16(12)18(24)22-21-13(2)11-17(23)20-15-9-7-14(19)8-10-15/h3-10H,11H2,1-2H3,(H,20,23)(H,22,24)/b21-13+. The summed E-state index contributed by atoms with van der Waals surface area (Å²) in [6.45, 7) is 3.56. The van der Waals surface area contributed by atoms with Crippen LogP contribution in [0, 0.1) is 10.5 Å². The van der Waals surface area contributed by atoms with E-state index >= 15 is 0 Å². The number of hydrazone groups is 1. The average Bonchev–Trinajstić information content (AvgIpc) is 2.55. The normalized spacial score (nSPS) is 11.0. The van der Waals surface area contributed by atoms with Gasteiger partial charge in [0.05, 0.1) is 6.42 Å². The summed E-state index contributed by atoms with van der Waals surface area (Å²) in [4.78, 5) is 24.0. The Labute approximate surface area is 154 Å². The second kappa shape index (κ2) is 8.58. The van der Waals surface area contributed by atoms with Gasteiger partial charge in [0.1, 0.15) is 0 Å². The summed E-state index contributed by atoms with van der Waals surface area (Å²) in [7, 11) is 0. The molecule has 0 unspecified atom stereocenters. The van der Waals surface area contributed by atoms with Crippen molar-refractivity contribution in [2.24, 2.45) is 5.10 Å². The Morgan fingerprint density at radius 3 is 2.42 bits per heavy atom. The fourth-order valence-electron chi connectivity index (χ4n) is 2.04. The van der Waals surface area contributed by atoms with E-state index in [1.165, 1.54) is 0 Å². The number of anilines is 1. The van der Waals surface area contributed by atoms with Gasteiger partial charge in [-0.25, -0.2) is 5.43 Å². The molecule has 124 valence electrons. The number of nitrogens with zero attached hydrogens (tertiary/aromatic N) is 1. The van der Waals surface area contributed by atoms with Crippen LogP contribution in [0.5, 0.6) is 0 Å². The molecule has 0 aliphatic carbocycles. The molecular formula is C18H18IN3O2. The zero-order chi connectivity index (χ0) is 17.5. The van der Waals surface area contributed by atoms with Crippen LogP contribution < -0.4 is 10.7 Å². The molecule has 5 nitrogen and oxygen atoms in total. The average molecular weight is 435 g/mol. The van der Waals surface area contributed by atoms with Gasteiger partial charge in [-0.2, -0.15) is 5.10 Å². The maximum Gasteiger partial charge on any atom is 0.271 e. The second-order valence-corrected chi connectivity index (χ2v) is 6.58. The van der Waals surface area contributed by atoms with Crippen molar-refractivity contribution in [2.45, 2.75) is 20.3 Å². The molecule has 24 heavy (non-hydrogen) atoms. The third-order valence-corrected chi connectivity index (χ3v) is 4.00. The number of amides is 2. The van der Waals surface area contributed by atoms with E-state index in [2.05, 4.69) is 38.4 Å². The van der Waals surface area contributed by atoms with E-state index in [1.807, 2.05) is 43.3 Å². The van der Waals surface area contributed by atoms with Crippen LogP contribution >= 0.6 is 22.6 Å². The van der Waals surface area contributed by atoms with Crippen molar-refractivity contribution in [1.82, 2.24) is 5.43 Å². The molecule has 0 radical (unpaired) electrons. The van der Waals surface area contributed by atoms with Crippen LogP contribution in [0.25, 0.3) is 0 Å². The first-order valence-electron chi connectivity index (χ1n) is 7.40. The molecule has 0 atom stereocenters. The Morgan fingerprint density at radius 2 is 1.75 bits per heavy atom. The molecule has 0 fully saturated rings. The van der Waals surface area contributed by atoms with Crippen LogP contribution in [0.1, 0.15) is 29.3 Å². The van der Waals surface area contributed by atoms with Crippen LogP contribution in [-0.4, -0.2) is 17.5 Å². The van der Waals surface area contributed by atoms with Gasteiger partial charge in [0.15, 0.2) is 0 Å². The molecule has 6 heteroatoms. The van der Waals surface area contributed by atoms with Gasteiger partial charge in [-0.3, -0.25) is 9.59 Å². The van der Waals surface area contributed by atoms with Crippen LogP contribution in [0.3, 0.4) is 0 Å². The summed E-state index contributed by atoms with van der Waals surface area (Å²) >= 11 is 2.20. The molecule has 0 aromatic heterocycles. The highest BCUT2D eigenvalue weighted by atomic mass is 127. The van der Waals surface area contributed by atoms with Gasteiger partial charge in [0, 0.05) is 20.5 Å². The number of benzene rings is 2. The third kappa shape index (κ3) is 5.45. The monoisotopic (exact) mass is 435 g/mol. The first-order valence-corrected chi connectivity index (χ1v) is 8.48. The number of rotatable bonds is 5. The highest BCUT2D eigenvalue weighted by Crippen LogP contribution is 2.11. The SMILES string of the molecule is C/C(CC(=O)Nc1ccc(I)cc1)=N\NC(=O)c1ccccc1C. The zero-order valence-electron chi connectivity index (χ0n) is 13.5. The van der Waals surface area contributed by atoms with E-state index < -0.39 is 0 Å². The van der Waals surface area contributed by atoms with Crippen LogP contribution in [0.2, 0.25) is 0 Å². The Bertz CT molecular complexity index is 770. The smallest absolute Gasteiger partial charge is 0.271 e. The van der Waals surface area contributed by atoms with Crippen LogP contribution in [-0.2, 0) is 4.79 Å². The van der Waals surface area contributed by atoms with Gasteiger partial charge in [-0.1, -0.05) is 18.2 Å². The van der Waals surface area contributed by atoms with Crippen LogP contribution in [0.15, 0.2) is 53.6 Å². The quantitative estimate of drug-likeness (QED) is 0.427. The van der Waals surface area contributed by atoms with E-state index in [-0.39, 0.29) is 18.2 Å². The largest absolute Gasteiger partial charge is 0.326 e. The van der Waals surface area contributed by atoms with Gasteiger partial charge in [-0.15, -0.1) is 0 Å². The molecular weight excluding hydrogens is 417 g/mol. The summed E-state index contributed by atoms with van der Waals surface area (Å²) in [5.74, 6) is -0.465. The molecule has 0 aliphatic heterocycles. The van der Waals surface area contributed by atoms with Crippen molar-refractivity contribution in [3.63, 3.8) is 0 Å². The van der Waals surface area contributed by atoms with Crippen molar-refractivity contribution in [3.8, 4) is 0 Å². The highest BCUT2D eigenvalue weighted by Gasteiger charge is 2.08. The molecule has 2 rings (SSSR count). The molecule has 2 aromatic rings. The number of halogens is 1. The van der Waals surface area contributed by atoms with E-state index in [1.54, 1.807) is 19.1 Å². The summed E-state index contributed by atoms with van der Waals surface area (Å²) in [5, 5.41) is 6.79. The van der Waals surface area contributed by atoms with Crippen molar-refractivity contribution in [1.29, 1.82) is 0 Å². The van der Waals surface area contributed by atoms with Gasteiger partial charge in [0.25, 0.3) is 5.91 Å². The lowest BCUT2D eigenvalue weighted by Crippen LogP contribution is -2.22. The fourth-order valence-corrected chi connectivity index (χ4v) is 2.40. The minimum Gasteiger partial charge on any atom is -0.326 e. The van der Waals surface area contributed by atoms with Gasteiger partial charge in [0.2, 0.25) is 5.91 Å². The predicted octanol–water partition coefficient (Wildman–Crippen LogP) is 3.73. The lowest BCUT2D eigenvalue weighted by Gasteiger charge is -2.06. The topological polar surface area (TPSA) is 70.6 Å². The molecule has 2 amide bonds. The molecule has 0 bridgehead atoms. The molecule has 0 spiro atoms. The first-order chi connectivity index (χ1) is 11.5. The number of carbonyl (C=O) groups excluding carboxylic acids is 2. The molecule has 0 aliphatic rings. The summed E-state index contributed by atoms with van der Waals surface area (Å²) in [6.07, 6.45) is 0.111. The van der Waals surface area contributed by atoms with Gasteiger partial charge < -0.3 is 5.32 Å². The maximum atomic E-state index is 12.1. The highest BCUT2D eigenvalue weighted by molar-refractivity contribution is 14.1. The fraction of sp³-hybridized carbons (Fsp3) is 0.167. The van der Waals surface area contributed by atoms with E-state index in [9.17, 15) is 9.59 Å². The van der Waals surface area contributed by atoms with E-state index in [0.717, 1.165) is 14.8 Å². The Kier molecular flexibility index (Phi) is 6.48. The Balaban J connectivity index is 1.89. The van der Waals surface area contributed by atoms with Crippen molar-refractivity contribution in [2.75, 3.05) is 5.32 Å². The Hall–Kier alpha value is -2.22. The number of aryl methyl sites for hydroxylation is 1. The van der Waals surface area contributed by atoms with Crippen molar-refractivity contribution < 1.29 is 9.59 Å². The van der Waals surface area contributed by atoms with E-state index in [4.69, 9.17) is 0 Å². The van der Waals surface area contributed by atoms with Gasteiger partial charge in [-0.05, 0) is 72.3 Å². The van der Waals surface area contributed by atoms with E-state index in [0.29, 0.717) is 11.3 Å². The predicted molar refractivity (Wildman–Crippen MR) is 104 cm³/mol. The van der Waals surface area contributed by atoms with Crippen LogP contribution in [0.4, 0.5) is 5.69 Å². The lowest BCUT2D eigenvalue weighted by atomic mass is 10.1.